The number of carbonyl (C=O) groups excluding carboxylic acids is 1. The van der Waals surface area contributed by atoms with Gasteiger partial charge in [0.05, 0.1) is 23.1 Å². The Morgan fingerprint density at radius 2 is 1.81 bits per heavy atom. The molecule has 2 unspecified atom stereocenters. The van der Waals surface area contributed by atoms with E-state index in [1.165, 1.54) is 11.8 Å². The molecule has 8 heteroatoms. The summed E-state index contributed by atoms with van der Waals surface area (Å²) in [7, 11) is 0. The maximum absolute atomic E-state index is 13.1. The summed E-state index contributed by atoms with van der Waals surface area (Å²) < 4.78 is 0. The van der Waals surface area contributed by atoms with Crippen LogP contribution in [0.5, 0.6) is 0 Å². The maximum Gasteiger partial charge on any atom is 0.254 e. The Hall–Kier alpha value is -2.74. The first-order valence-corrected chi connectivity index (χ1v) is 10.1. The third-order valence-electron chi connectivity index (χ3n) is 5.27. The minimum Gasteiger partial charge on any atom is -0.352 e. The van der Waals surface area contributed by atoms with Crippen molar-refractivity contribution in [1.82, 2.24) is 24.8 Å². The topological polar surface area (TPSA) is 75.1 Å². The number of anilines is 1. The van der Waals surface area contributed by atoms with Crippen LogP contribution in [0.25, 0.3) is 11.0 Å². The maximum atomic E-state index is 13.1. The van der Waals surface area contributed by atoms with Gasteiger partial charge in [0.15, 0.2) is 5.16 Å². The molecule has 3 aliphatic heterocycles. The molecule has 1 aromatic carbocycles. The monoisotopic (exact) mass is 378 g/mol. The van der Waals surface area contributed by atoms with Crippen molar-refractivity contribution in [3.63, 3.8) is 0 Å². The van der Waals surface area contributed by atoms with Crippen LogP contribution >= 0.6 is 11.8 Å². The zero-order chi connectivity index (χ0) is 18.4. The Labute approximate surface area is 160 Å². The number of hydrogen-bond donors (Lipinski definition) is 0. The average molecular weight is 378 g/mol. The first-order valence-electron chi connectivity index (χ1n) is 8.88. The van der Waals surface area contributed by atoms with Crippen LogP contribution in [0, 0.1) is 0 Å². The van der Waals surface area contributed by atoms with Gasteiger partial charge in [0.25, 0.3) is 5.91 Å². The molecule has 1 amide bonds. The Bertz CT molecular complexity index is 1020. The lowest BCUT2D eigenvalue weighted by Gasteiger charge is -2.56. The number of nitrogens with zero attached hydrogens (tertiary/aromatic N) is 6. The molecule has 0 radical (unpaired) electrons. The number of amides is 1. The largest absolute Gasteiger partial charge is 0.352 e. The van der Waals surface area contributed by atoms with E-state index in [9.17, 15) is 4.79 Å². The van der Waals surface area contributed by atoms with Gasteiger partial charge in [0, 0.05) is 37.2 Å². The molecule has 3 aliphatic rings. The number of carbonyl (C=O) groups is 1. The SMILES string of the molecule is CSc1nccc(N2CC3CC(C2)N3C(=O)c2ccc3nccnc3c2)n1. The Kier molecular flexibility index (Phi) is 3.93. The third-order valence-corrected chi connectivity index (χ3v) is 5.83. The highest BCUT2D eigenvalue weighted by molar-refractivity contribution is 7.98. The number of rotatable bonds is 3. The van der Waals surface area contributed by atoms with E-state index < -0.39 is 0 Å². The van der Waals surface area contributed by atoms with Crippen LogP contribution in [0.3, 0.4) is 0 Å². The first kappa shape index (κ1) is 16.4. The molecule has 0 saturated carbocycles. The van der Waals surface area contributed by atoms with Crippen molar-refractivity contribution in [3.05, 3.63) is 48.4 Å². The van der Waals surface area contributed by atoms with E-state index in [0.29, 0.717) is 5.56 Å². The van der Waals surface area contributed by atoms with Gasteiger partial charge in [-0.1, -0.05) is 11.8 Å². The third kappa shape index (κ3) is 2.80. The van der Waals surface area contributed by atoms with Crippen molar-refractivity contribution >= 4 is 34.5 Å². The fourth-order valence-corrected chi connectivity index (χ4v) is 4.33. The molecule has 7 nitrogen and oxygen atoms in total. The van der Waals surface area contributed by atoms with Crippen molar-refractivity contribution in [3.8, 4) is 0 Å². The van der Waals surface area contributed by atoms with Gasteiger partial charge in [-0.2, -0.15) is 0 Å². The molecule has 27 heavy (non-hydrogen) atoms. The predicted molar refractivity (Wildman–Crippen MR) is 104 cm³/mol. The van der Waals surface area contributed by atoms with Gasteiger partial charge in [-0.05, 0) is 36.9 Å². The van der Waals surface area contributed by atoms with Gasteiger partial charge in [-0.25, -0.2) is 9.97 Å². The second kappa shape index (κ2) is 6.45. The molecular weight excluding hydrogens is 360 g/mol. The van der Waals surface area contributed by atoms with Crippen LogP contribution in [0.15, 0.2) is 48.0 Å². The molecule has 2 atom stereocenters. The Balaban J connectivity index is 1.35. The van der Waals surface area contributed by atoms with Crippen LogP contribution in [0.1, 0.15) is 16.8 Å². The van der Waals surface area contributed by atoms with E-state index in [1.807, 2.05) is 35.4 Å². The molecule has 2 bridgehead atoms. The molecule has 6 rings (SSSR count). The lowest BCUT2D eigenvalue weighted by Crippen LogP contribution is -2.70. The van der Waals surface area contributed by atoms with Crippen LogP contribution in [-0.4, -0.2) is 62.2 Å². The molecule has 0 aliphatic carbocycles. The fourth-order valence-electron chi connectivity index (χ4n) is 3.98. The highest BCUT2D eigenvalue weighted by Crippen LogP contribution is 2.35. The second-order valence-electron chi connectivity index (χ2n) is 6.82. The van der Waals surface area contributed by atoms with E-state index >= 15 is 0 Å². The van der Waals surface area contributed by atoms with Gasteiger partial charge >= 0.3 is 0 Å². The lowest BCUT2D eigenvalue weighted by molar-refractivity contribution is 0.00575. The molecule has 3 fully saturated rings. The molecule has 2 aromatic heterocycles. The highest BCUT2D eigenvalue weighted by atomic mass is 32.2. The number of aromatic nitrogens is 4. The standard InChI is InChI=1S/C19H18N6OS/c1-27-19-22-5-4-17(23-19)24-10-13-9-14(11-24)25(13)18(26)12-2-3-15-16(8-12)21-7-6-20-15/h2-8,13-14H,9-11H2,1H3. The summed E-state index contributed by atoms with van der Waals surface area (Å²) in [6.45, 7) is 1.61. The van der Waals surface area contributed by atoms with E-state index in [4.69, 9.17) is 0 Å². The van der Waals surface area contributed by atoms with E-state index in [0.717, 1.165) is 41.5 Å². The number of fused-ring (bicyclic) bond motifs is 3. The van der Waals surface area contributed by atoms with Gasteiger partial charge < -0.3 is 9.80 Å². The molecule has 136 valence electrons. The van der Waals surface area contributed by atoms with Crippen molar-refractivity contribution in [2.24, 2.45) is 0 Å². The normalized spacial score (nSPS) is 21.2. The highest BCUT2D eigenvalue weighted by Gasteiger charge is 2.47. The molecule has 5 heterocycles. The fraction of sp³-hybridized carbons (Fsp3) is 0.316. The molecule has 0 spiro atoms. The Morgan fingerprint density at radius 1 is 1.04 bits per heavy atom. The van der Waals surface area contributed by atoms with Crippen LogP contribution in [-0.2, 0) is 0 Å². The minimum atomic E-state index is 0.0796. The summed E-state index contributed by atoms with van der Waals surface area (Å²) in [5.41, 5.74) is 2.23. The second-order valence-corrected chi connectivity index (χ2v) is 7.60. The van der Waals surface area contributed by atoms with Crippen LogP contribution in [0.2, 0.25) is 0 Å². The van der Waals surface area contributed by atoms with E-state index in [-0.39, 0.29) is 18.0 Å². The van der Waals surface area contributed by atoms with Crippen LogP contribution in [0.4, 0.5) is 5.82 Å². The number of piperidine rings is 1. The summed E-state index contributed by atoms with van der Waals surface area (Å²) in [6, 6.07) is 7.94. The lowest BCUT2D eigenvalue weighted by atomic mass is 9.86. The Morgan fingerprint density at radius 3 is 2.59 bits per heavy atom. The smallest absolute Gasteiger partial charge is 0.254 e. The van der Waals surface area contributed by atoms with Gasteiger partial charge in [0.2, 0.25) is 0 Å². The zero-order valence-corrected chi connectivity index (χ0v) is 15.6. The first-order chi connectivity index (χ1) is 13.2. The zero-order valence-electron chi connectivity index (χ0n) is 14.8. The van der Waals surface area contributed by atoms with Crippen molar-refractivity contribution in [2.75, 3.05) is 24.2 Å². The average Bonchev–Trinajstić information content (AvgIpc) is 2.73. The van der Waals surface area contributed by atoms with Gasteiger partial charge in [-0.15, -0.1) is 0 Å². The summed E-state index contributed by atoms with van der Waals surface area (Å²) in [4.78, 5) is 34.7. The van der Waals surface area contributed by atoms with Crippen molar-refractivity contribution in [2.45, 2.75) is 23.7 Å². The number of thioether (sulfide) groups is 1. The van der Waals surface area contributed by atoms with Crippen molar-refractivity contribution < 1.29 is 4.79 Å². The quantitative estimate of drug-likeness (QED) is 0.511. The number of benzene rings is 1. The number of hydrogen-bond acceptors (Lipinski definition) is 7. The molecule has 3 saturated heterocycles. The van der Waals surface area contributed by atoms with E-state index in [2.05, 4.69) is 24.8 Å². The number of piperazine rings is 1. The van der Waals surface area contributed by atoms with Crippen molar-refractivity contribution in [1.29, 1.82) is 0 Å². The molecular formula is C19H18N6OS. The summed E-state index contributed by atoms with van der Waals surface area (Å²) in [5.74, 6) is 1.02. The predicted octanol–water partition coefficient (Wildman–Crippen LogP) is 2.25. The van der Waals surface area contributed by atoms with Gasteiger partial charge in [-0.3, -0.25) is 14.8 Å². The molecule has 3 aromatic rings. The summed E-state index contributed by atoms with van der Waals surface area (Å²) in [6.07, 6.45) is 8.13. The summed E-state index contributed by atoms with van der Waals surface area (Å²) in [5, 5.41) is 0.775. The molecule has 0 N–H and O–H groups in total. The van der Waals surface area contributed by atoms with Gasteiger partial charge in [0.1, 0.15) is 5.82 Å². The van der Waals surface area contributed by atoms with Crippen LogP contribution < -0.4 is 4.90 Å². The summed E-state index contributed by atoms with van der Waals surface area (Å²) >= 11 is 1.54. The van der Waals surface area contributed by atoms with E-state index in [1.54, 1.807) is 18.6 Å². The minimum absolute atomic E-state index is 0.0796.